The second kappa shape index (κ2) is 5.71. The van der Waals surface area contributed by atoms with Crippen molar-refractivity contribution in [1.29, 1.82) is 0 Å². The summed E-state index contributed by atoms with van der Waals surface area (Å²) in [5, 5.41) is 20.8. The summed E-state index contributed by atoms with van der Waals surface area (Å²) < 4.78 is 0. The number of para-hydroxylation sites is 1. The van der Waals surface area contributed by atoms with Crippen molar-refractivity contribution < 1.29 is 10.0 Å². The SMILES string of the molecule is CC(O)c1ccc(N(C)c2ccccc2)c([N+](=O)[O-])c1. The zero-order chi connectivity index (χ0) is 14.7. The van der Waals surface area contributed by atoms with Gasteiger partial charge in [0.2, 0.25) is 0 Å². The highest BCUT2D eigenvalue weighted by Gasteiger charge is 2.19. The van der Waals surface area contributed by atoms with Crippen LogP contribution in [0.4, 0.5) is 17.1 Å². The fourth-order valence-electron chi connectivity index (χ4n) is 2.02. The van der Waals surface area contributed by atoms with E-state index in [0.717, 1.165) is 5.69 Å². The maximum atomic E-state index is 11.2. The highest BCUT2D eigenvalue weighted by molar-refractivity contribution is 5.72. The summed E-state index contributed by atoms with van der Waals surface area (Å²) in [7, 11) is 1.78. The lowest BCUT2D eigenvalue weighted by atomic mass is 10.1. The maximum absolute atomic E-state index is 11.2. The molecule has 0 aliphatic heterocycles. The zero-order valence-corrected chi connectivity index (χ0v) is 11.4. The molecule has 1 atom stereocenters. The fraction of sp³-hybridized carbons (Fsp3) is 0.200. The first-order valence-corrected chi connectivity index (χ1v) is 6.26. The van der Waals surface area contributed by atoms with E-state index in [1.807, 2.05) is 30.3 Å². The van der Waals surface area contributed by atoms with Gasteiger partial charge in [-0.05, 0) is 30.7 Å². The Morgan fingerprint density at radius 1 is 1.20 bits per heavy atom. The van der Waals surface area contributed by atoms with E-state index >= 15 is 0 Å². The Balaban J connectivity index is 2.48. The molecule has 0 aliphatic carbocycles. The number of nitrogens with zero attached hydrogens (tertiary/aromatic N) is 2. The van der Waals surface area contributed by atoms with Gasteiger partial charge < -0.3 is 10.0 Å². The number of hydrogen-bond donors (Lipinski definition) is 1. The van der Waals surface area contributed by atoms with Gasteiger partial charge in [-0.2, -0.15) is 0 Å². The van der Waals surface area contributed by atoms with Crippen LogP contribution in [-0.4, -0.2) is 17.1 Å². The first kappa shape index (κ1) is 14.0. The van der Waals surface area contributed by atoms with Crippen LogP contribution in [0.15, 0.2) is 48.5 Å². The Morgan fingerprint density at radius 3 is 2.40 bits per heavy atom. The highest BCUT2D eigenvalue weighted by atomic mass is 16.6. The van der Waals surface area contributed by atoms with Crippen molar-refractivity contribution in [2.45, 2.75) is 13.0 Å². The van der Waals surface area contributed by atoms with E-state index in [2.05, 4.69) is 0 Å². The largest absolute Gasteiger partial charge is 0.389 e. The number of rotatable bonds is 4. The predicted octanol–water partition coefficient (Wildman–Crippen LogP) is 3.42. The van der Waals surface area contributed by atoms with Gasteiger partial charge in [-0.25, -0.2) is 0 Å². The normalized spacial score (nSPS) is 11.9. The average Bonchev–Trinajstić information content (AvgIpc) is 2.46. The number of hydrogen-bond acceptors (Lipinski definition) is 4. The van der Waals surface area contributed by atoms with Crippen molar-refractivity contribution in [2.24, 2.45) is 0 Å². The lowest BCUT2D eigenvalue weighted by molar-refractivity contribution is -0.384. The van der Waals surface area contributed by atoms with Gasteiger partial charge in [0.05, 0.1) is 11.0 Å². The average molecular weight is 272 g/mol. The number of aliphatic hydroxyl groups excluding tert-OH is 1. The zero-order valence-electron chi connectivity index (χ0n) is 11.4. The van der Waals surface area contributed by atoms with E-state index in [-0.39, 0.29) is 5.69 Å². The molecule has 5 nitrogen and oxygen atoms in total. The molecule has 2 rings (SSSR count). The van der Waals surface area contributed by atoms with Crippen LogP contribution < -0.4 is 4.90 Å². The topological polar surface area (TPSA) is 66.6 Å². The smallest absolute Gasteiger partial charge is 0.293 e. The van der Waals surface area contributed by atoms with Crippen molar-refractivity contribution >= 4 is 17.1 Å². The molecule has 1 N–H and O–H groups in total. The van der Waals surface area contributed by atoms with Crippen LogP contribution in [0.1, 0.15) is 18.6 Å². The molecule has 104 valence electrons. The second-order valence-electron chi connectivity index (χ2n) is 4.58. The third-order valence-corrected chi connectivity index (χ3v) is 3.18. The Hall–Kier alpha value is -2.40. The van der Waals surface area contributed by atoms with Gasteiger partial charge >= 0.3 is 0 Å². The van der Waals surface area contributed by atoms with Crippen LogP contribution in [0.5, 0.6) is 0 Å². The fourth-order valence-corrected chi connectivity index (χ4v) is 2.02. The van der Waals surface area contributed by atoms with E-state index in [1.54, 1.807) is 31.0 Å². The molecule has 0 amide bonds. The number of nitro groups is 1. The number of anilines is 2. The van der Waals surface area contributed by atoms with Crippen LogP contribution in [0.25, 0.3) is 0 Å². The maximum Gasteiger partial charge on any atom is 0.293 e. The third kappa shape index (κ3) is 2.78. The monoisotopic (exact) mass is 272 g/mol. The lowest BCUT2D eigenvalue weighted by Gasteiger charge is -2.20. The molecule has 0 fully saturated rings. The number of aliphatic hydroxyl groups is 1. The molecule has 5 heteroatoms. The van der Waals surface area contributed by atoms with Gasteiger partial charge in [-0.15, -0.1) is 0 Å². The summed E-state index contributed by atoms with van der Waals surface area (Å²) in [5.74, 6) is 0. The van der Waals surface area contributed by atoms with Crippen LogP contribution >= 0.6 is 0 Å². The van der Waals surface area contributed by atoms with Gasteiger partial charge in [-0.1, -0.05) is 24.3 Å². The van der Waals surface area contributed by atoms with E-state index in [4.69, 9.17) is 0 Å². The molecule has 2 aromatic carbocycles. The predicted molar refractivity (Wildman–Crippen MR) is 78.2 cm³/mol. The minimum absolute atomic E-state index is 0.0187. The summed E-state index contributed by atoms with van der Waals surface area (Å²) in [4.78, 5) is 12.6. The molecular weight excluding hydrogens is 256 g/mol. The van der Waals surface area contributed by atoms with Crippen molar-refractivity contribution in [3.63, 3.8) is 0 Å². The molecule has 0 bridgehead atoms. The van der Waals surface area contributed by atoms with Gasteiger partial charge in [-0.3, -0.25) is 10.1 Å². The summed E-state index contributed by atoms with van der Waals surface area (Å²) >= 11 is 0. The Bertz CT molecular complexity index is 612. The molecule has 0 aliphatic rings. The van der Waals surface area contributed by atoms with Crippen LogP contribution in [0.3, 0.4) is 0 Å². The van der Waals surface area contributed by atoms with E-state index < -0.39 is 11.0 Å². The summed E-state index contributed by atoms with van der Waals surface area (Å²) in [5.41, 5.74) is 1.86. The van der Waals surface area contributed by atoms with Crippen molar-refractivity contribution in [2.75, 3.05) is 11.9 Å². The van der Waals surface area contributed by atoms with Crippen LogP contribution in [0.2, 0.25) is 0 Å². The molecule has 0 radical (unpaired) electrons. The van der Waals surface area contributed by atoms with Crippen LogP contribution in [0, 0.1) is 10.1 Å². The molecule has 0 saturated carbocycles. The summed E-state index contributed by atoms with van der Waals surface area (Å²) in [6.07, 6.45) is -0.732. The standard InChI is InChI=1S/C15H16N2O3/c1-11(18)12-8-9-14(15(10-12)17(19)20)16(2)13-6-4-3-5-7-13/h3-11,18H,1-2H3. The second-order valence-corrected chi connectivity index (χ2v) is 4.58. The van der Waals surface area contributed by atoms with Crippen LogP contribution in [-0.2, 0) is 0 Å². The number of benzene rings is 2. The Morgan fingerprint density at radius 2 is 1.85 bits per heavy atom. The quantitative estimate of drug-likeness (QED) is 0.684. The molecule has 0 saturated heterocycles. The molecule has 0 heterocycles. The van der Waals surface area contributed by atoms with Gasteiger partial charge in [0, 0.05) is 18.8 Å². The first-order valence-electron chi connectivity index (χ1n) is 6.26. The molecular formula is C15H16N2O3. The molecule has 0 spiro atoms. The van der Waals surface area contributed by atoms with E-state index in [1.165, 1.54) is 6.07 Å². The molecule has 2 aromatic rings. The van der Waals surface area contributed by atoms with Crippen molar-refractivity contribution in [1.82, 2.24) is 0 Å². The minimum Gasteiger partial charge on any atom is -0.389 e. The van der Waals surface area contributed by atoms with E-state index in [0.29, 0.717) is 11.3 Å². The Kier molecular flexibility index (Phi) is 4.00. The molecule has 20 heavy (non-hydrogen) atoms. The van der Waals surface area contributed by atoms with Crippen molar-refractivity contribution in [3.05, 3.63) is 64.2 Å². The third-order valence-electron chi connectivity index (χ3n) is 3.18. The van der Waals surface area contributed by atoms with Gasteiger partial charge in [0.1, 0.15) is 5.69 Å². The number of nitro benzene ring substituents is 1. The van der Waals surface area contributed by atoms with Crippen molar-refractivity contribution in [3.8, 4) is 0 Å². The molecule has 0 aromatic heterocycles. The first-order chi connectivity index (χ1) is 9.50. The lowest BCUT2D eigenvalue weighted by Crippen LogP contribution is -2.11. The van der Waals surface area contributed by atoms with E-state index in [9.17, 15) is 15.2 Å². The molecule has 1 unspecified atom stereocenters. The Labute approximate surface area is 117 Å². The highest BCUT2D eigenvalue weighted by Crippen LogP contribution is 2.34. The minimum atomic E-state index is -0.732. The summed E-state index contributed by atoms with van der Waals surface area (Å²) in [6.45, 7) is 1.58. The van der Waals surface area contributed by atoms with Gasteiger partial charge in [0.15, 0.2) is 0 Å². The van der Waals surface area contributed by atoms with Gasteiger partial charge in [0.25, 0.3) is 5.69 Å². The summed E-state index contributed by atoms with van der Waals surface area (Å²) in [6, 6.07) is 14.2.